The van der Waals surface area contributed by atoms with Crippen LogP contribution in [0, 0.1) is 0 Å². The van der Waals surface area contributed by atoms with E-state index >= 15 is 0 Å². The fourth-order valence-corrected chi connectivity index (χ4v) is 5.59. The van der Waals surface area contributed by atoms with Crippen molar-refractivity contribution in [3.63, 3.8) is 0 Å². The molecule has 1 saturated heterocycles. The van der Waals surface area contributed by atoms with Crippen LogP contribution >= 0.6 is 0 Å². The van der Waals surface area contributed by atoms with Gasteiger partial charge in [0, 0.05) is 45.8 Å². The van der Waals surface area contributed by atoms with Crippen molar-refractivity contribution in [1.82, 2.24) is 20.9 Å². The van der Waals surface area contributed by atoms with Crippen molar-refractivity contribution >= 4 is 40.3 Å². The minimum atomic E-state index is -1.09. The van der Waals surface area contributed by atoms with Crippen LogP contribution in [-0.2, 0) is 41.7 Å². The zero-order valence-electron chi connectivity index (χ0n) is 25.9. The number of carbonyl (C=O) groups excluding carboxylic acids is 5. The van der Waals surface area contributed by atoms with Gasteiger partial charge in [-0.2, -0.15) is 0 Å². The number of fused-ring (bicyclic) bond motifs is 1. The van der Waals surface area contributed by atoms with E-state index < -0.39 is 47.9 Å². The number of benzene rings is 3. The largest absolute Gasteiger partial charge is 0.372 e. The molecule has 1 fully saturated rings. The Morgan fingerprint density at radius 2 is 1.63 bits per heavy atom. The van der Waals surface area contributed by atoms with Gasteiger partial charge < -0.3 is 37.1 Å². The van der Waals surface area contributed by atoms with Gasteiger partial charge in [-0.15, -0.1) is 0 Å². The predicted octanol–water partition coefficient (Wildman–Crippen LogP) is 0.899. The van der Waals surface area contributed by atoms with Crippen LogP contribution in [0.15, 0.2) is 72.8 Å². The number of nitrogens with one attached hydrogen (secondary N) is 3. The van der Waals surface area contributed by atoms with E-state index in [4.69, 9.17) is 16.2 Å². The van der Waals surface area contributed by atoms with E-state index in [2.05, 4.69) is 16.0 Å². The molecule has 244 valence electrons. The molecule has 12 heteroatoms. The number of nitrogens with zero attached hydrogens (tertiary/aromatic N) is 1. The van der Waals surface area contributed by atoms with Crippen LogP contribution in [0.1, 0.15) is 37.3 Å². The number of carbonyl (C=O) groups is 5. The molecule has 3 aromatic carbocycles. The molecule has 0 radical (unpaired) electrons. The molecule has 7 N–H and O–H groups in total. The molecule has 0 aromatic heterocycles. The van der Waals surface area contributed by atoms with Crippen LogP contribution in [0.5, 0.6) is 0 Å². The highest BCUT2D eigenvalue weighted by molar-refractivity contribution is 5.95. The maximum atomic E-state index is 14.2. The zero-order valence-corrected chi connectivity index (χ0v) is 25.9. The van der Waals surface area contributed by atoms with Gasteiger partial charge in [-0.25, -0.2) is 0 Å². The van der Waals surface area contributed by atoms with Crippen molar-refractivity contribution in [1.29, 1.82) is 0 Å². The van der Waals surface area contributed by atoms with Gasteiger partial charge in [0.2, 0.25) is 29.5 Å². The molecule has 0 spiro atoms. The lowest BCUT2D eigenvalue weighted by molar-refractivity contribution is -0.142. The number of primary amides is 1. The number of hydrogen-bond acceptors (Lipinski definition) is 7. The highest BCUT2D eigenvalue weighted by Crippen LogP contribution is 2.25. The number of hydrogen-bond donors (Lipinski definition) is 5. The summed E-state index contributed by atoms with van der Waals surface area (Å²) in [5, 5.41) is 10.3. The van der Waals surface area contributed by atoms with Gasteiger partial charge in [0.15, 0.2) is 0 Å². The lowest BCUT2D eigenvalue weighted by atomic mass is 10.0. The van der Waals surface area contributed by atoms with E-state index in [1.54, 1.807) is 0 Å². The summed E-state index contributed by atoms with van der Waals surface area (Å²) >= 11 is 0. The second kappa shape index (κ2) is 16.5. The van der Waals surface area contributed by atoms with Crippen molar-refractivity contribution in [2.45, 2.75) is 63.4 Å². The minimum Gasteiger partial charge on any atom is -0.372 e. The molecule has 1 aliphatic rings. The van der Waals surface area contributed by atoms with Crippen molar-refractivity contribution in [3.8, 4) is 0 Å². The average Bonchev–Trinajstić information content (AvgIpc) is 3.48. The molecule has 12 nitrogen and oxygen atoms in total. The Morgan fingerprint density at radius 1 is 0.913 bits per heavy atom. The van der Waals surface area contributed by atoms with Crippen molar-refractivity contribution in [2.75, 3.05) is 19.6 Å². The molecule has 4 atom stereocenters. The van der Waals surface area contributed by atoms with Crippen LogP contribution in [0.4, 0.5) is 0 Å². The first-order valence-electron chi connectivity index (χ1n) is 15.4. The van der Waals surface area contributed by atoms with Gasteiger partial charge in [-0.05, 0) is 34.4 Å². The van der Waals surface area contributed by atoms with Gasteiger partial charge >= 0.3 is 0 Å². The van der Waals surface area contributed by atoms with Gasteiger partial charge in [0.25, 0.3) is 0 Å². The molecule has 1 aliphatic heterocycles. The number of rotatable bonds is 15. The maximum Gasteiger partial charge on any atom is 0.246 e. The molecule has 3 aromatic rings. The first kappa shape index (κ1) is 34.1. The second-order valence-electron chi connectivity index (χ2n) is 11.4. The summed E-state index contributed by atoms with van der Waals surface area (Å²) in [5.74, 6) is -2.58. The smallest absolute Gasteiger partial charge is 0.246 e. The summed E-state index contributed by atoms with van der Waals surface area (Å²) in [5.41, 5.74) is 12.6. The molecule has 0 unspecified atom stereocenters. The van der Waals surface area contributed by atoms with Gasteiger partial charge in [-0.1, -0.05) is 66.7 Å². The van der Waals surface area contributed by atoms with E-state index in [1.165, 1.54) is 11.8 Å². The fraction of sp³-hybridized carbons (Fsp3) is 0.382. The number of amides is 5. The average molecular weight is 631 g/mol. The first-order valence-corrected chi connectivity index (χ1v) is 15.4. The quantitative estimate of drug-likeness (QED) is 0.165. The third-order valence-electron chi connectivity index (χ3n) is 7.86. The summed E-state index contributed by atoms with van der Waals surface area (Å²) in [7, 11) is 0. The number of likely N-dealkylation sites (tertiary alicyclic amines) is 1. The molecule has 0 bridgehead atoms. The Bertz CT molecular complexity index is 1530. The first-order chi connectivity index (χ1) is 22.1. The van der Waals surface area contributed by atoms with Crippen LogP contribution in [0.3, 0.4) is 0 Å². The summed E-state index contributed by atoms with van der Waals surface area (Å²) in [6, 6.07) is 20.2. The van der Waals surface area contributed by atoms with E-state index in [0.717, 1.165) is 21.9 Å². The summed E-state index contributed by atoms with van der Waals surface area (Å²) in [4.78, 5) is 65.6. The van der Waals surface area contributed by atoms with Gasteiger partial charge in [-0.3, -0.25) is 24.0 Å². The summed E-state index contributed by atoms with van der Waals surface area (Å²) in [6.07, 6.45) is -0.230. The Balaban J connectivity index is 1.55. The zero-order chi connectivity index (χ0) is 33.1. The predicted molar refractivity (Wildman–Crippen MR) is 173 cm³/mol. The third-order valence-corrected chi connectivity index (χ3v) is 7.86. The van der Waals surface area contributed by atoms with Crippen molar-refractivity contribution < 1.29 is 28.7 Å². The lowest BCUT2D eigenvalue weighted by Crippen LogP contribution is -2.57. The highest BCUT2D eigenvalue weighted by atomic mass is 16.5. The van der Waals surface area contributed by atoms with Gasteiger partial charge in [0.1, 0.15) is 18.1 Å². The molecular weight excluding hydrogens is 588 g/mol. The SMILES string of the molecule is CC(=O)N[C@H](CCC(N)=O)C(=O)N[C@H](Cc1ccccc1)C(=O)N1C[C@H](OCc2ccc3ccccc3c2)C[C@@H]1C(=O)NCCN. The van der Waals surface area contributed by atoms with E-state index in [9.17, 15) is 24.0 Å². The van der Waals surface area contributed by atoms with E-state index in [0.29, 0.717) is 0 Å². The molecular formula is C34H42N6O6. The standard InChI is InChI=1S/C34H42N6O6/c1-22(41)38-28(13-14-31(36)42)32(43)39-29(18-23-7-3-2-4-8-23)34(45)40-20-27(19-30(40)33(44)37-16-15-35)46-21-24-11-12-25-9-5-6-10-26(25)17-24/h2-12,17,27-30H,13-16,18-21,35H2,1H3,(H2,36,42)(H,37,44)(H,38,41)(H,39,43)/t27-,28-,29-,30-/m1/s1. The van der Waals surface area contributed by atoms with Crippen LogP contribution < -0.4 is 27.4 Å². The van der Waals surface area contributed by atoms with Crippen LogP contribution in [0.2, 0.25) is 0 Å². The highest BCUT2D eigenvalue weighted by Gasteiger charge is 2.42. The third kappa shape index (κ3) is 9.59. The minimum absolute atomic E-state index is 0.0362. The molecule has 1 heterocycles. The van der Waals surface area contributed by atoms with Crippen LogP contribution in [-0.4, -0.2) is 78.3 Å². The van der Waals surface area contributed by atoms with E-state index in [-0.39, 0.29) is 57.8 Å². The Kier molecular flexibility index (Phi) is 12.2. The topological polar surface area (TPSA) is 186 Å². The normalized spacial score (nSPS) is 17.2. The van der Waals surface area contributed by atoms with Crippen LogP contribution in [0.25, 0.3) is 10.8 Å². The summed E-state index contributed by atoms with van der Waals surface area (Å²) in [6.45, 7) is 2.14. The second-order valence-corrected chi connectivity index (χ2v) is 11.4. The number of ether oxygens (including phenoxy) is 1. The summed E-state index contributed by atoms with van der Waals surface area (Å²) < 4.78 is 6.24. The molecule has 46 heavy (non-hydrogen) atoms. The molecule has 4 rings (SSSR count). The van der Waals surface area contributed by atoms with Crippen molar-refractivity contribution in [2.24, 2.45) is 11.5 Å². The fourth-order valence-electron chi connectivity index (χ4n) is 5.59. The van der Waals surface area contributed by atoms with E-state index in [1.807, 2.05) is 72.8 Å². The Labute approximate surface area is 268 Å². The van der Waals surface area contributed by atoms with Crippen molar-refractivity contribution in [3.05, 3.63) is 83.9 Å². The Morgan fingerprint density at radius 3 is 2.33 bits per heavy atom. The number of nitrogens with two attached hydrogens (primary N) is 2. The maximum absolute atomic E-state index is 14.2. The Hall–Kier alpha value is -4.81. The molecule has 0 saturated carbocycles. The monoisotopic (exact) mass is 630 g/mol. The molecule has 0 aliphatic carbocycles. The lowest BCUT2D eigenvalue weighted by Gasteiger charge is -2.29. The van der Waals surface area contributed by atoms with Gasteiger partial charge in [0.05, 0.1) is 12.7 Å². The molecule has 5 amide bonds.